The van der Waals surface area contributed by atoms with E-state index in [9.17, 15) is 4.79 Å². The number of hydrogen-bond acceptors (Lipinski definition) is 4. The second-order valence-electron chi connectivity index (χ2n) is 9.23. The molecule has 5 nitrogen and oxygen atoms in total. The summed E-state index contributed by atoms with van der Waals surface area (Å²) in [5.41, 5.74) is 7.84. The molecule has 0 spiro atoms. The van der Waals surface area contributed by atoms with Gasteiger partial charge in [0.15, 0.2) is 0 Å². The Morgan fingerprint density at radius 2 is 2.07 bits per heavy atom. The molecule has 164 valence electrons. The molecule has 1 aromatic rings. The topological polar surface area (TPSA) is 70.7 Å². The minimum Gasteiger partial charge on any atom is -0.370 e. The second kappa shape index (κ2) is 9.69. The normalized spacial score (nSPS) is 24.5. The largest absolute Gasteiger partial charge is 0.370 e. The van der Waals surface area contributed by atoms with Crippen molar-refractivity contribution < 1.29 is 4.79 Å². The molecular formula is C24H35ClN4O. The number of hydrogen-bond donors (Lipinski definition) is 2. The molecule has 30 heavy (non-hydrogen) atoms. The van der Waals surface area contributed by atoms with Crippen molar-refractivity contribution in [3.8, 4) is 0 Å². The van der Waals surface area contributed by atoms with Crippen LogP contribution in [-0.4, -0.2) is 42.8 Å². The number of carbonyl (C=O) groups excluding carboxylic acids is 1. The quantitative estimate of drug-likeness (QED) is 0.654. The summed E-state index contributed by atoms with van der Waals surface area (Å²) in [5, 5.41) is 4.04. The predicted octanol–water partition coefficient (Wildman–Crippen LogP) is 4.02. The molecule has 3 N–H and O–H groups in total. The van der Waals surface area contributed by atoms with Crippen molar-refractivity contribution in [2.75, 3.05) is 26.2 Å². The number of nitrogens with zero attached hydrogens (tertiary/aromatic N) is 2. The van der Waals surface area contributed by atoms with Gasteiger partial charge >= 0.3 is 0 Å². The highest BCUT2D eigenvalue weighted by Crippen LogP contribution is 2.43. The summed E-state index contributed by atoms with van der Waals surface area (Å²) in [4.78, 5) is 20.4. The molecule has 0 bridgehead atoms. The average molecular weight is 431 g/mol. The van der Waals surface area contributed by atoms with Gasteiger partial charge in [0.1, 0.15) is 5.84 Å². The van der Waals surface area contributed by atoms with Crippen LogP contribution in [0.25, 0.3) is 0 Å². The maximum absolute atomic E-state index is 13.9. The van der Waals surface area contributed by atoms with E-state index in [2.05, 4.69) is 16.4 Å². The van der Waals surface area contributed by atoms with Crippen LogP contribution in [-0.2, 0) is 16.8 Å². The van der Waals surface area contributed by atoms with Gasteiger partial charge in [-0.3, -0.25) is 9.79 Å². The van der Waals surface area contributed by atoms with Gasteiger partial charge in [0.05, 0.1) is 18.5 Å². The van der Waals surface area contributed by atoms with Gasteiger partial charge in [-0.25, -0.2) is 0 Å². The number of halogens is 1. The number of aliphatic imine (C=N–C) groups is 1. The van der Waals surface area contributed by atoms with Gasteiger partial charge in [-0.1, -0.05) is 62.6 Å². The number of benzene rings is 1. The first-order valence-corrected chi connectivity index (χ1v) is 12.1. The van der Waals surface area contributed by atoms with Gasteiger partial charge in [0.2, 0.25) is 5.91 Å². The summed E-state index contributed by atoms with van der Waals surface area (Å²) in [7, 11) is 0. The zero-order valence-electron chi connectivity index (χ0n) is 18.0. The fraction of sp³-hybridized carbons (Fsp3) is 0.667. The molecular weight excluding hydrogens is 396 g/mol. The van der Waals surface area contributed by atoms with Crippen molar-refractivity contribution in [1.82, 2.24) is 10.2 Å². The number of fused-ring (bicyclic) bond motifs is 1. The predicted molar refractivity (Wildman–Crippen MR) is 123 cm³/mol. The Bertz CT molecular complexity index is 789. The van der Waals surface area contributed by atoms with Crippen LogP contribution in [0.4, 0.5) is 0 Å². The molecule has 1 saturated carbocycles. The highest BCUT2D eigenvalue weighted by atomic mass is 35.5. The molecule has 1 unspecified atom stereocenters. The van der Waals surface area contributed by atoms with Crippen LogP contribution in [0, 0.1) is 5.92 Å². The third-order valence-electron chi connectivity index (χ3n) is 7.24. The first-order chi connectivity index (χ1) is 14.6. The minimum absolute atomic E-state index is 0.211. The van der Waals surface area contributed by atoms with Gasteiger partial charge in [-0.05, 0) is 48.6 Å². The van der Waals surface area contributed by atoms with Crippen LogP contribution in [0.5, 0.6) is 0 Å². The van der Waals surface area contributed by atoms with Crippen molar-refractivity contribution in [3.63, 3.8) is 0 Å². The number of carbonyl (C=O) groups is 1. The van der Waals surface area contributed by atoms with Gasteiger partial charge < -0.3 is 16.0 Å². The lowest BCUT2D eigenvalue weighted by Gasteiger charge is -2.43. The minimum atomic E-state index is -0.541. The van der Waals surface area contributed by atoms with Crippen molar-refractivity contribution in [3.05, 3.63) is 34.3 Å². The monoisotopic (exact) mass is 430 g/mol. The van der Waals surface area contributed by atoms with E-state index in [1.807, 2.05) is 17.0 Å². The van der Waals surface area contributed by atoms with E-state index < -0.39 is 5.41 Å². The Kier molecular flexibility index (Phi) is 6.99. The lowest BCUT2D eigenvalue weighted by molar-refractivity contribution is -0.139. The van der Waals surface area contributed by atoms with E-state index in [0.29, 0.717) is 26.1 Å². The molecule has 0 saturated heterocycles. The van der Waals surface area contributed by atoms with Crippen LogP contribution in [0.1, 0.15) is 68.9 Å². The summed E-state index contributed by atoms with van der Waals surface area (Å²) < 4.78 is 0. The van der Waals surface area contributed by atoms with E-state index in [1.165, 1.54) is 38.5 Å². The second-order valence-corrected chi connectivity index (χ2v) is 9.67. The third-order valence-corrected chi connectivity index (χ3v) is 7.47. The Labute approximate surface area is 185 Å². The van der Waals surface area contributed by atoms with Crippen LogP contribution in [0.2, 0.25) is 5.02 Å². The van der Waals surface area contributed by atoms with Gasteiger partial charge in [0.25, 0.3) is 0 Å². The number of nitrogens with two attached hydrogens (primary N) is 1. The van der Waals surface area contributed by atoms with Crippen LogP contribution in [0.3, 0.4) is 0 Å². The summed E-state index contributed by atoms with van der Waals surface area (Å²) in [5.74, 6) is 1.95. The zero-order valence-corrected chi connectivity index (χ0v) is 18.7. The Morgan fingerprint density at radius 3 is 2.80 bits per heavy atom. The van der Waals surface area contributed by atoms with E-state index in [1.54, 1.807) is 0 Å². The zero-order chi connectivity index (χ0) is 21.0. The van der Waals surface area contributed by atoms with E-state index in [4.69, 9.17) is 17.3 Å². The Morgan fingerprint density at radius 1 is 1.23 bits per heavy atom. The number of amidine groups is 1. The molecule has 3 aliphatic rings. The molecule has 1 aliphatic carbocycles. The van der Waals surface area contributed by atoms with E-state index in [0.717, 1.165) is 53.8 Å². The SMILES string of the molecule is NCCC1(CCCC2CCCCC2)C(=O)N(CC2=NCCN2)Cc2cc(Cl)ccc21. The fourth-order valence-corrected chi connectivity index (χ4v) is 5.93. The van der Waals surface area contributed by atoms with E-state index >= 15 is 0 Å². The Hall–Kier alpha value is -1.59. The van der Waals surface area contributed by atoms with Crippen molar-refractivity contribution in [2.24, 2.45) is 16.6 Å². The molecule has 0 aromatic heterocycles. The molecule has 1 amide bonds. The standard InChI is InChI=1S/C24H35ClN4O/c25-20-8-9-21-19(15-20)16-29(17-22-27-13-14-28-22)23(30)24(21,11-12-26)10-4-7-18-5-2-1-3-6-18/h8-9,15,18H,1-7,10-14,16-17,26H2,(H,27,28). The molecule has 1 fully saturated rings. The first kappa shape index (κ1) is 21.6. The summed E-state index contributed by atoms with van der Waals surface area (Å²) in [6, 6.07) is 6.04. The summed E-state index contributed by atoms with van der Waals surface area (Å²) >= 11 is 6.34. The lowest BCUT2D eigenvalue weighted by atomic mass is 9.68. The van der Waals surface area contributed by atoms with Crippen LogP contribution < -0.4 is 11.1 Å². The van der Waals surface area contributed by atoms with Gasteiger partial charge in [-0.15, -0.1) is 0 Å². The van der Waals surface area contributed by atoms with Gasteiger partial charge in [-0.2, -0.15) is 0 Å². The van der Waals surface area contributed by atoms with Crippen molar-refractivity contribution in [2.45, 2.75) is 69.7 Å². The molecule has 1 atom stereocenters. The van der Waals surface area contributed by atoms with Crippen LogP contribution >= 0.6 is 11.6 Å². The van der Waals surface area contributed by atoms with Crippen LogP contribution in [0.15, 0.2) is 23.2 Å². The number of rotatable bonds is 8. The van der Waals surface area contributed by atoms with Crippen molar-refractivity contribution in [1.29, 1.82) is 0 Å². The fourth-order valence-electron chi connectivity index (χ4n) is 5.74. The lowest BCUT2D eigenvalue weighted by Crippen LogP contribution is -2.54. The molecule has 0 radical (unpaired) electrons. The highest BCUT2D eigenvalue weighted by Gasteiger charge is 2.46. The first-order valence-electron chi connectivity index (χ1n) is 11.7. The molecule has 1 aromatic carbocycles. The summed E-state index contributed by atoms with van der Waals surface area (Å²) in [6.07, 6.45) is 10.6. The highest BCUT2D eigenvalue weighted by molar-refractivity contribution is 6.30. The molecule has 6 heteroatoms. The molecule has 2 heterocycles. The van der Waals surface area contributed by atoms with E-state index in [-0.39, 0.29) is 5.91 Å². The number of nitrogens with one attached hydrogen (secondary N) is 1. The molecule has 2 aliphatic heterocycles. The maximum Gasteiger partial charge on any atom is 0.233 e. The smallest absolute Gasteiger partial charge is 0.233 e. The van der Waals surface area contributed by atoms with Crippen molar-refractivity contribution >= 4 is 23.3 Å². The average Bonchev–Trinajstić information content (AvgIpc) is 3.25. The van der Waals surface area contributed by atoms with Gasteiger partial charge in [0, 0.05) is 18.1 Å². The summed E-state index contributed by atoms with van der Waals surface area (Å²) in [6.45, 7) is 3.28. The maximum atomic E-state index is 13.9. The third kappa shape index (κ3) is 4.52. The molecule has 4 rings (SSSR count). The Balaban J connectivity index is 1.59. The number of amides is 1.